The van der Waals surface area contributed by atoms with Crippen LogP contribution in [0.1, 0.15) is 52.9 Å². The maximum absolute atomic E-state index is 12.6. The molecule has 7 nitrogen and oxygen atoms in total. The van der Waals surface area contributed by atoms with Crippen molar-refractivity contribution in [3.8, 4) is 0 Å². The molecule has 25 heavy (non-hydrogen) atoms. The highest BCUT2D eigenvalue weighted by Crippen LogP contribution is 2.15. The van der Waals surface area contributed by atoms with Gasteiger partial charge >= 0.3 is 5.97 Å². The zero-order valence-electron chi connectivity index (χ0n) is 15.3. The van der Waals surface area contributed by atoms with Crippen LogP contribution >= 0.6 is 0 Å². The third-order valence-corrected chi connectivity index (χ3v) is 3.88. The van der Waals surface area contributed by atoms with Crippen LogP contribution in [0.15, 0.2) is 12.2 Å². The van der Waals surface area contributed by atoms with Crippen molar-refractivity contribution in [1.82, 2.24) is 10.6 Å². The number of esters is 1. The van der Waals surface area contributed by atoms with Crippen LogP contribution in [0.3, 0.4) is 0 Å². The molecule has 0 spiro atoms. The van der Waals surface area contributed by atoms with Gasteiger partial charge in [0.05, 0.1) is 18.1 Å². The molecule has 0 fully saturated rings. The van der Waals surface area contributed by atoms with E-state index in [4.69, 9.17) is 9.84 Å². The molecule has 0 aromatic rings. The summed E-state index contributed by atoms with van der Waals surface area (Å²) in [5.74, 6) is -1.32. The Morgan fingerprint density at radius 2 is 2.16 bits per heavy atom. The number of carbonyl (C=O) groups excluding carboxylic acids is 3. The number of hydrogen-bond donors (Lipinski definition) is 3. The summed E-state index contributed by atoms with van der Waals surface area (Å²) < 4.78 is 5.22. The second-order valence-corrected chi connectivity index (χ2v) is 7.19. The van der Waals surface area contributed by atoms with Crippen molar-refractivity contribution in [2.75, 3.05) is 13.2 Å². The highest BCUT2D eigenvalue weighted by molar-refractivity contribution is 5.86. The molecule has 1 aliphatic rings. The minimum atomic E-state index is -0.711. The molecule has 2 unspecified atom stereocenters. The van der Waals surface area contributed by atoms with E-state index in [9.17, 15) is 14.4 Å². The summed E-state index contributed by atoms with van der Waals surface area (Å²) in [6, 6.07) is -0.350. The summed E-state index contributed by atoms with van der Waals surface area (Å²) >= 11 is 0. The van der Waals surface area contributed by atoms with Gasteiger partial charge in [0, 0.05) is 18.9 Å². The Kier molecular flexibility index (Phi) is 8.61. The van der Waals surface area contributed by atoms with Crippen molar-refractivity contribution < 1.29 is 24.2 Å². The van der Waals surface area contributed by atoms with Crippen LogP contribution in [0, 0.1) is 5.92 Å². The van der Waals surface area contributed by atoms with Crippen molar-refractivity contribution in [3.63, 3.8) is 0 Å². The van der Waals surface area contributed by atoms with E-state index in [1.165, 1.54) is 0 Å². The van der Waals surface area contributed by atoms with Crippen molar-refractivity contribution in [3.05, 3.63) is 12.2 Å². The summed E-state index contributed by atoms with van der Waals surface area (Å²) in [6.45, 7) is 5.18. The fraction of sp³-hybridized carbons (Fsp3) is 0.722. The predicted octanol–water partition coefficient (Wildman–Crippen LogP) is 1.06. The van der Waals surface area contributed by atoms with Gasteiger partial charge in [0.2, 0.25) is 11.8 Å². The van der Waals surface area contributed by atoms with Crippen molar-refractivity contribution in [2.24, 2.45) is 5.92 Å². The van der Waals surface area contributed by atoms with Gasteiger partial charge < -0.3 is 20.5 Å². The molecule has 0 radical (unpaired) electrons. The van der Waals surface area contributed by atoms with E-state index >= 15 is 0 Å². The highest BCUT2D eigenvalue weighted by Gasteiger charge is 2.28. The van der Waals surface area contributed by atoms with Crippen molar-refractivity contribution in [1.29, 1.82) is 0 Å². The Bertz CT molecular complexity index is 502. The van der Waals surface area contributed by atoms with Crippen LogP contribution < -0.4 is 10.6 Å². The zero-order valence-corrected chi connectivity index (χ0v) is 15.3. The van der Waals surface area contributed by atoms with Crippen molar-refractivity contribution >= 4 is 17.8 Å². The summed E-state index contributed by atoms with van der Waals surface area (Å²) in [5.41, 5.74) is -0.711. The lowest BCUT2D eigenvalue weighted by Crippen LogP contribution is -2.50. The van der Waals surface area contributed by atoms with Crippen LogP contribution in [0.5, 0.6) is 0 Å². The lowest BCUT2D eigenvalue weighted by Gasteiger charge is -2.28. The Morgan fingerprint density at radius 3 is 2.84 bits per heavy atom. The molecule has 1 rings (SSSR count). The van der Waals surface area contributed by atoms with Gasteiger partial charge in [-0.2, -0.15) is 0 Å². The molecule has 0 saturated carbocycles. The number of ether oxygens (including phenoxy) is 1. The van der Waals surface area contributed by atoms with Gasteiger partial charge in [-0.3, -0.25) is 14.4 Å². The van der Waals surface area contributed by atoms with E-state index < -0.39 is 11.5 Å². The van der Waals surface area contributed by atoms with E-state index in [1.54, 1.807) is 20.8 Å². The minimum absolute atomic E-state index is 0.0381. The molecule has 0 saturated heterocycles. The first-order valence-corrected chi connectivity index (χ1v) is 8.76. The van der Waals surface area contributed by atoms with Crippen LogP contribution in [0.25, 0.3) is 0 Å². The molecule has 3 N–H and O–H groups in total. The fourth-order valence-electron chi connectivity index (χ4n) is 2.43. The molecule has 0 aromatic carbocycles. The number of cyclic esters (lactones) is 1. The lowest BCUT2D eigenvalue weighted by atomic mass is 9.96. The number of aliphatic hydroxyl groups is 1. The zero-order chi connectivity index (χ0) is 18.9. The molecule has 2 amide bonds. The molecular formula is C18H30N2O5. The van der Waals surface area contributed by atoms with E-state index in [0.29, 0.717) is 19.3 Å². The monoisotopic (exact) mass is 354 g/mol. The van der Waals surface area contributed by atoms with Gasteiger partial charge in [-0.1, -0.05) is 12.2 Å². The molecule has 7 heteroatoms. The van der Waals surface area contributed by atoms with Crippen LogP contribution in [0.4, 0.5) is 0 Å². The van der Waals surface area contributed by atoms with E-state index in [-0.39, 0.29) is 43.5 Å². The number of allylic oxidation sites excluding steroid dienone is 2. The van der Waals surface area contributed by atoms with Crippen molar-refractivity contribution in [2.45, 2.75) is 64.5 Å². The Labute approximate surface area is 149 Å². The first kappa shape index (κ1) is 21.2. The van der Waals surface area contributed by atoms with E-state index in [1.807, 2.05) is 12.2 Å². The van der Waals surface area contributed by atoms with Crippen LogP contribution in [-0.2, 0) is 19.1 Å². The SMILES string of the molecule is CC(CO)NC(=O)CC1CC=CCCCC(=O)OCC(C)(C)NC1=O. The molecule has 2 atom stereocenters. The largest absolute Gasteiger partial charge is 0.463 e. The Hall–Kier alpha value is -1.89. The van der Waals surface area contributed by atoms with Crippen LogP contribution in [0.2, 0.25) is 0 Å². The average molecular weight is 354 g/mol. The van der Waals surface area contributed by atoms with Gasteiger partial charge in [0.15, 0.2) is 0 Å². The topological polar surface area (TPSA) is 105 Å². The third-order valence-electron chi connectivity index (χ3n) is 3.88. The highest BCUT2D eigenvalue weighted by atomic mass is 16.5. The fourth-order valence-corrected chi connectivity index (χ4v) is 2.43. The van der Waals surface area contributed by atoms with Gasteiger partial charge in [-0.15, -0.1) is 0 Å². The molecular weight excluding hydrogens is 324 g/mol. The number of rotatable bonds is 4. The smallest absolute Gasteiger partial charge is 0.305 e. The summed E-state index contributed by atoms with van der Waals surface area (Å²) in [6.07, 6.45) is 6.04. The molecule has 1 heterocycles. The summed E-state index contributed by atoms with van der Waals surface area (Å²) in [4.78, 5) is 36.3. The molecule has 142 valence electrons. The predicted molar refractivity (Wildman–Crippen MR) is 93.6 cm³/mol. The number of amides is 2. The number of carbonyl (C=O) groups is 3. The first-order valence-electron chi connectivity index (χ1n) is 8.76. The van der Waals surface area contributed by atoms with Crippen LogP contribution in [-0.4, -0.2) is 47.7 Å². The quantitative estimate of drug-likeness (QED) is 0.517. The Morgan fingerprint density at radius 1 is 1.44 bits per heavy atom. The maximum atomic E-state index is 12.6. The first-order chi connectivity index (χ1) is 11.7. The third kappa shape index (κ3) is 8.67. The number of nitrogens with one attached hydrogen (secondary N) is 2. The second-order valence-electron chi connectivity index (χ2n) is 7.19. The molecule has 0 aromatic heterocycles. The standard InChI is InChI=1S/C18H30N2O5/c1-13(11-21)19-15(22)10-14-8-6-4-5-7-9-16(23)25-12-18(2,3)20-17(14)24/h4,6,13-14,21H,5,7-12H2,1-3H3,(H,19,22)(H,20,24). The van der Waals surface area contributed by atoms with E-state index in [2.05, 4.69) is 10.6 Å². The minimum Gasteiger partial charge on any atom is -0.463 e. The summed E-state index contributed by atoms with van der Waals surface area (Å²) in [5, 5.41) is 14.5. The average Bonchev–Trinajstić information content (AvgIpc) is 2.54. The molecule has 0 aliphatic carbocycles. The second kappa shape index (κ2) is 10.2. The maximum Gasteiger partial charge on any atom is 0.305 e. The van der Waals surface area contributed by atoms with Gasteiger partial charge in [-0.25, -0.2) is 0 Å². The molecule has 0 bridgehead atoms. The van der Waals surface area contributed by atoms with E-state index in [0.717, 1.165) is 6.42 Å². The van der Waals surface area contributed by atoms with Gasteiger partial charge in [0.25, 0.3) is 0 Å². The number of aliphatic hydroxyl groups excluding tert-OH is 1. The summed E-state index contributed by atoms with van der Waals surface area (Å²) in [7, 11) is 0. The Balaban J connectivity index is 2.80. The van der Waals surface area contributed by atoms with Gasteiger partial charge in [0.1, 0.15) is 6.61 Å². The van der Waals surface area contributed by atoms with Gasteiger partial charge in [-0.05, 0) is 40.0 Å². The lowest BCUT2D eigenvalue weighted by molar-refractivity contribution is -0.146. The normalized spacial score (nSPS) is 23.3. The molecule has 1 aliphatic heterocycles. The number of hydrogen-bond acceptors (Lipinski definition) is 5.